The van der Waals surface area contributed by atoms with Crippen LogP contribution < -0.4 is 10.5 Å². The van der Waals surface area contributed by atoms with Crippen LogP contribution in [0.4, 0.5) is 0 Å². The first-order chi connectivity index (χ1) is 5.65. The minimum absolute atomic E-state index is 0.0227. The fourth-order valence-electron chi connectivity index (χ4n) is 0.998. The van der Waals surface area contributed by atoms with Crippen LogP contribution >= 0.6 is 15.9 Å². The monoisotopic (exact) mass is 229 g/mol. The lowest BCUT2D eigenvalue weighted by Gasteiger charge is -2.09. The number of halogens is 1. The molecule has 0 fully saturated rings. The highest BCUT2D eigenvalue weighted by Gasteiger charge is 2.05. The molecule has 1 aromatic rings. The van der Waals surface area contributed by atoms with Gasteiger partial charge in [-0.25, -0.2) is 0 Å². The predicted octanol–water partition coefficient (Wildman–Crippen LogP) is 2.48. The van der Waals surface area contributed by atoms with E-state index in [9.17, 15) is 0 Å². The Morgan fingerprint density at radius 3 is 2.67 bits per heavy atom. The van der Waals surface area contributed by atoms with Crippen LogP contribution in [0.15, 0.2) is 22.7 Å². The van der Waals surface area contributed by atoms with Gasteiger partial charge in [-0.05, 0) is 30.7 Å². The minimum atomic E-state index is 0.0227. The van der Waals surface area contributed by atoms with Crippen molar-refractivity contribution < 1.29 is 4.74 Å². The zero-order chi connectivity index (χ0) is 9.14. The molecule has 0 saturated heterocycles. The highest BCUT2D eigenvalue weighted by Crippen LogP contribution is 2.26. The van der Waals surface area contributed by atoms with Gasteiger partial charge >= 0.3 is 0 Å². The van der Waals surface area contributed by atoms with Gasteiger partial charge in [-0.1, -0.05) is 15.9 Å². The molecule has 0 saturated carbocycles. The van der Waals surface area contributed by atoms with E-state index in [-0.39, 0.29) is 6.04 Å². The first kappa shape index (κ1) is 9.55. The van der Waals surface area contributed by atoms with Gasteiger partial charge in [0, 0.05) is 10.5 Å². The van der Waals surface area contributed by atoms with Gasteiger partial charge in [0.1, 0.15) is 5.75 Å². The SMILES string of the molecule is COc1ccc(Br)c([C@@H](C)N)c1. The maximum Gasteiger partial charge on any atom is 0.119 e. The van der Waals surface area contributed by atoms with E-state index in [1.54, 1.807) is 7.11 Å². The van der Waals surface area contributed by atoms with Gasteiger partial charge in [-0.2, -0.15) is 0 Å². The van der Waals surface area contributed by atoms with E-state index in [4.69, 9.17) is 10.5 Å². The standard InChI is InChI=1S/C9H12BrNO/c1-6(11)8-5-7(12-2)3-4-9(8)10/h3-6H,11H2,1-2H3/t6-/m1/s1. The van der Waals surface area contributed by atoms with Crippen molar-refractivity contribution in [1.82, 2.24) is 0 Å². The molecule has 0 heterocycles. The molecule has 0 aliphatic heterocycles. The van der Waals surface area contributed by atoms with Crippen molar-refractivity contribution in [3.8, 4) is 5.75 Å². The number of hydrogen-bond donors (Lipinski definition) is 1. The summed E-state index contributed by atoms with van der Waals surface area (Å²) >= 11 is 3.42. The van der Waals surface area contributed by atoms with Gasteiger partial charge in [0.2, 0.25) is 0 Å². The van der Waals surface area contributed by atoms with Crippen LogP contribution in [0.5, 0.6) is 5.75 Å². The average Bonchev–Trinajstić information content (AvgIpc) is 2.05. The van der Waals surface area contributed by atoms with Crippen LogP contribution in [0.25, 0.3) is 0 Å². The van der Waals surface area contributed by atoms with Crippen LogP contribution in [0.2, 0.25) is 0 Å². The first-order valence-electron chi connectivity index (χ1n) is 3.74. The van der Waals surface area contributed by atoms with Crippen molar-refractivity contribution in [2.75, 3.05) is 7.11 Å². The van der Waals surface area contributed by atoms with Gasteiger partial charge in [0.15, 0.2) is 0 Å². The van der Waals surface area contributed by atoms with E-state index < -0.39 is 0 Å². The van der Waals surface area contributed by atoms with Gasteiger partial charge < -0.3 is 10.5 Å². The van der Waals surface area contributed by atoms with Gasteiger partial charge in [0.05, 0.1) is 7.11 Å². The van der Waals surface area contributed by atoms with Crippen molar-refractivity contribution in [3.05, 3.63) is 28.2 Å². The molecule has 0 radical (unpaired) electrons. The second-order valence-electron chi connectivity index (χ2n) is 2.68. The third-order valence-electron chi connectivity index (χ3n) is 1.69. The number of nitrogens with two attached hydrogens (primary N) is 1. The normalized spacial score (nSPS) is 12.7. The third-order valence-corrected chi connectivity index (χ3v) is 2.42. The number of methoxy groups -OCH3 is 1. The number of ether oxygens (including phenoxy) is 1. The number of benzene rings is 1. The average molecular weight is 230 g/mol. The molecule has 2 N–H and O–H groups in total. The Morgan fingerprint density at radius 2 is 2.17 bits per heavy atom. The highest BCUT2D eigenvalue weighted by molar-refractivity contribution is 9.10. The van der Waals surface area contributed by atoms with Crippen molar-refractivity contribution in [2.45, 2.75) is 13.0 Å². The van der Waals surface area contributed by atoms with Gasteiger partial charge in [0.25, 0.3) is 0 Å². The summed E-state index contributed by atoms with van der Waals surface area (Å²) in [6.45, 7) is 1.94. The van der Waals surface area contributed by atoms with E-state index in [0.717, 1.165) is 15.8 Å². The third kappa shape index (κ3) is 1.99. The summed E-state index contributed by atoms with van der Waals surface area (Å²) in [4.78, 5) is 0. The zero-order valence-corrected chi connectivity index (χ0v) is 8.76. The molecule has 0 unspecified atom stereocenters. The maximum absolute atomic E-state index is 5.75. The summed E-state index contributed by atoms with van der Waals surface area (Å²) in [6, 6.07) is 5.80. The molecule has 12 heavy (non-hydrogen) atoms. The number of hydrogen-bond acceptors (Lipinski definition) is 2. The molecule has 1 aromatic carbocycles. The van der Waals surface area contributed by atoms with E-state index in [0.29, 0.717) is 0 Å². The Balaban J connectivity index is 3.08. The number of rotatable bonds is 2. The van der Waals surface area contributed by atoms with Gasteiger partial charge in [-0.3, -0.25) is 0 Å². The second kappa shape index (κ2) is 3.92. The predicted molar refractivity (Wildman–Crippen MR) is 53.3 cm³/mol. The smallest absolute Gasteiger partial charge is 0.119 e. The lowest BCUT2D eigenvalue weighted by molar-refractivity contribution is 0.414. The quantitative estimate of drug-likeness (QED) is 0.846. The fourth-order valence-corrected chi connectivity index (χ4v) is 1.61. The van der Waals surface area contributed by atoms with Crippen LogP contribution in [-0.2, 0) is 0 Å². The highest BCUT2D eigenvalue weighted by atomic mass is 79.9. The first-order valence-corrected chi connectivity index (χ1v) is 4.53. The van der Waals surface area contributed by atoms with E-state index in [2.05, 4.69) is 15.9 Å². The zero-order valence-electron chi connectivity index (χ0n) is 7.17. The molecule has 0 aromatic heterocycles. The van der Waals surface area contributed by atoms with E-state index >= 15 is 0 Å². The van der Waals surface area contributed by atoms with Crippen molar-refractivity contribution in [2.24, 2.45) is 5.73 Å². The molecular weight excluding hydrogens is 218 g/mol. The summed E-state index contributed by atoms with van der Waals surface area (Å²) in [6.07, 6.45) is 0. The van der Waals surface area contributed by atoms with Crippen LogP contribution in [0.1, 0.15) is 18.5 Å². The van der Waals surface area contributed by atoms with Crippen molar-refractivity contribution in [3.63, 3.8) is 0 Å². The van der Waals surface area contributed by atoms with Crippen molar-refractivity contribution in [1.29, 1.82) is 0 Å². The molecule has 0 aliphatic carbocycles. The molecule has 66 valence electrons. The molecular formula is C9H12BrNO. The Bertz CT molecular complexity index is 273. The molecule has 3 heteroatoms. The maximum atomic E-state index is 5.75. The summed E-state index contributed by atoms with van der Waals surface area (Å²) in [5, 5.41) is 0. The fraction of sp³-hybridized carbons (Fsp3) is 0.333. The largest absolute Gasteiger partial charge is 0.497 e. The molecule has 2 nitrogen and oxygen atoms in total. The molecule has 0 bridgehead atoms. The lowest BCUT2D eigenvalue weighted by Crippen LogP contribution is -2.05. The summed E-state index contributed by atoms with van der Waals surface area (Å²) in [5.41, 5.74) is 6.82. The molecule has 0 amide bonds. The van der Waals surface area contributed by atoms with Crippen LogP contribution in [0.3, 0.4) is 0 Å². The lowest BCUT2D eigenvalue weighted by atomic mass is 10.1. The minimum Gasteiger partial charge on any atom is -0.497 e. The van der Waals surface area contributed by atoms with Crippen molar-refractivity contribution >= 4 is 15.9 Å². The molecule has 1 rings (SSSR count). The Morgan fingerprint density at radius 1 is 1.50 bits per heavy atom. The Labute approximate surface area is 80.8 Å². The van der Waals surface area contributed by atoms with Crippen LogP contribution in [0, 0.1) is 0 Å². The topological polar surface area (TPSA) is 35.2 Å². The summed E-state index contributed by atoms with van der Waals surface area (Å²) < 4.78 is 6.11. The molecule has 0 aliphatic rings. The summed E-state index contributed by atoms with van der Waals surface area (Å²) in [5.74, 6) is 0.838. The second-order valence-corrected chi connectivity index (χ2v) is 3.53. The Kier molecular flexibility index (Phi) is 3.12. The van der Waals surface area contributed by atoms with E-state index in [1.165, 1.54) is 0 Å². The summed E-state index contributed by atoms with van der Waals surface area (Å²) in [7, 11) is 1.65. The van der Waals surface area contributed by atoms with Crippen LogP contribution in [-0.4, -0.2) is 7.11 Å². The molecule has 1 atom stereocenters. The van der Waals surface area contributed by atoms with E-state index in [1.807, 2.05) is 25.1 Å². The van der Waals surface area contributed by atoms with Gasteiger partial charge in [-0.15, -0.1) is 0 Å². The Hall–Kier alpha value is -0.540. The molecule has 0 spiro atoms.